The molecule has 1 aromatic carbocycles. The number of aliphatic hydroxyl groups is 2. The van der Waals surface area contributed by atoms with Crippen LogP contribution in [0, 0.1) is 0 Å². The predicted octanol–water partition coefficient (Wildman–Crippen LogP) is 0.449. The summed E-state index contributed by atoms with van der Waals surface area (Å²) in [6, 6.07) is 8.44. The van der Waals surface area contributed by atoms with Gasteiger partial charge in [-0.05, 0) is 12.1 Å². The van der Waals surface area contributed by atoms with Gasteiger partial charge in [0.2, 0.25) is 0 Å². The van der Waals surface area contributed by atoms with Crippen LogP contribution in [0.15, 0.2) is 28.7 Å². The fourth-order valence-electron chi connectivity index (χ4n) is 3.06. The van der Waals surface area contributed by atoms with Gasteiger partial charge in [-0.3, -0.25) is 0 Å². The molecule has 0 unspecified atom stereocenters. The maximum atomic E-state index is 9.25. The van der Waals surface area contributed by atoms with Gasteiger partial charge in [0, 0.05) is 0 Å². The van der Waals surface area contributed by atoms with Crippen LogP contribution in [0.3, 0.4) is 0 Å². The van der Waals surface area contributed by atoms with E-state index in [9.17, 15) is 10.2 Å². The highest BCUT2D eigenvalue weighted by Crippen LogP contribution is 2.24. The number of aromatic nitrogens is 1. The Hall–Kier alpha value is -1.63. The average Bonchev–Trinajstić information content (AvgIpc) is 2.92. The van der Waals surface area contributed by atoms with Crippen molar-refractivity contribution in [3.05, 3.63) is 24.3 Å². The van der Waals surface area contributed by atoms with Crippen molar-refractivity contribution in [3.63, 3.8) is 0 Å². The summed E-state index contributed by atoms with van der Waals surface area (Å²) in [5.74, 6) is 0. The number of hydrogen-bond donors (Lipinski definition) is 2. The summed E-state index contributed by atoms with van der Waals surface area (Å²) in [4.78, 5) is 6.67. The second kappa shape index (κ2) is 6.01. The Morgan fingerprint density at radius 1 is 1.10 bits per heavy atom. The first-order valence-electron chi connectivity index (χ1n) is 7.44. The molecule has 0 amide bonds. The van der Waals surface area contributed by atoms with Crippen molar-refractivity contribution in [3.8, 4) is 0 Å². The minimum Gasteiger partial charge on any atom is -0.423 e. The minimum absolute atomic E-state index is 0.156. The van der Waals surface area contributed by atoms with Gasteiger partial charge in [-0.15, -0.1) is 0 Å². The van der Waals surface area contributed by atoms with Crippen molar-refractivity contribution in [2.24, 2.45) is 0 Å². The quantitative estimate of drug-likeness (QED) is 0.783. The van der Waals surface area contributed by atoms with Crippen LogP contribution in [-0.2, 0) is 0 Å². The number of nitrogens with zero attached hydrogens (tertiary/aromatic N) is 3. The van der Waals surface area contributed by atoms with E-state index in [0.29, 0.717) is 19.1 Å². The Morgan fingerprint density at radius 2 is 1.76 bits per heavy atom. The van der Waals surface area contributed by atoms with Crippen LogP contribution in [0.5, 0.6) is 0 Å². The van der Waals surface area contributed by atoms with E-state index >= 15 is 0 Å². The zero-order chi connectivity index (χ0) is 14.7. The van der Waals surface area contributed by atoms with Gasteiger partial charge in [-0.2, -0.15) is 4.98 Å². The minimum atomic E-state index is 0.156. The van der Waals surface area contributed by atoms with Crippen LogP contribution in [0.4, 0.5) is 6.01 Å². The lowest BCUT2D eigenvalue weighted by Gasteiger charge is -2.43. The molecule has 114 valence electrons. The van der Waals surface area contributed by atoms with Gasteiger partial charge in [-0.1, -0.05) is 12.1 Å². The lowest BCUT2D eigenvalue weighted by atomic mass is 10.2. The molecule has 0 spiro atoms. The lowest BCUT2D eigenvalue weighted by Crippen LogP contribution is -2.61. The molecule has 21 heavy (non-hydrogen) atoms. The number of rotatable bonds is 5. The lowest BCUT2D eigenvalue weighted by molar-refractivity contribution is -0.929. The summed E-state index contributed by atoms with van der Waals surface area (Å²) < 4.78 is 6.57. The molecule has 6 heteroatoms. The highest BCUT2D eigenvalue weighted by molar-refractivity contribution is 5.74. The SMILES string of the molecule is OCC[N+]1(CCO)CCN(c2nc3ccccc3o2)CC1. The van der Waals surface area contributed by atoms with E-state index in [2.05, 4.69) is 9.88 Å². The Balaban J connectivity index is 1.72. The summed E-state index contributed by atoms with van der Waals surface area (Å²) in [5.41, 5.74) is 1.69. The van der Waals surface area contributed by atoms with Crippen molar-refractivity contribution >= 4 is 17.1 Å². The summed E-state index contributed by atoms with van der Waals surface area (Å²) in [7, 11) is 0. The van der Waals surface area contributed by atoms with Gasteiger partial charge in [0.25, 0.3) is 6.01 Å². The predicted molar refractivity (Wildman–Crippen MR) is 80.1 cm³/mol. The van der Waals surface area contributed by atoms with Crippen molar-refractivity contribution in [2.75, 3.05) is 57.4 Å². The number of piperazine rings is 1. The molecule has 1 aromatic heterocycles. The second-order valence-electron chi connectivity index (χ2n) is 5.63. The first-order chi connectivity index (χ1) is 10.3. The highest BCUT2D eigenvalue weighted by Gasteiger charge is 2.33. The van der Waals surface area contributed by atoms with E-state index in [1.54, 1.807) is 0 Å². The van der Waals surface area contributed by atoms with Crippen molar-refractivity contribution in [2.45, 2.75) is 0 Å². The molecule has 2 N–H and O–H groups in total. The first kappa shape index (κ1) is 14.3. The summed E-state index contributed by atoms with van der Waals surface area (Å²) in [6.45, 7) is 5.13. The third-order valence-corrected chi connectivity index (χ3v) is 4.39. The summed E-state index contributed by atoms with van der Waals surface area (Å²) >= 11 is 0. The van der Waals surface area contributed by atoms with E-state index in [0.717, 1.165) is 41.8 Å². The Labute approximate surface area is 123 Å². The number of hydrogen-bond acceptors (Lipinski definition) is 5. The maximum Gasteiger partial charge on any atom is 0.298 e. The standard InChI is InChI=1S/C15H22N3O3/c19-11-9-18(10-12-20)7-5-17(6-8-18)15-16-13-3-1-2-4-14(13)21-15/h1-4,19-20H,5-12H2/q+1. The van der Waals surface area contributed by atoms with Crippen LogP contribution >= 0.6 is 0 Å². The third kappa shape index (κ3) is 2.88. The molecule has 0 atom stereocenters. The molecular formula is C15H22N3O3+. The Morgan fingerprint density at radius 3 is 2.38 bits per heavy atom. The topological polar surface area (TPSA) is 69.7 Å². The number of fused-ring (bicyclic) bond motifs is 1. The number of oxazole rings is 1. The van der Waals surface area contributed by atoms with Crippen LogP contribution in [0.25, 0.3) is 11.1 Å². The molecule has 1 aliphatic rings. The van der Waals surface area contributed by atoms with Crippen LogP contribution in [-0.4, -0.2) is 72.2 Å². The van der Waals surface area contributed by atoms with Crippen molar-refractivity contribution < 1.29 is 19.1 Å². The van der Waals surface area contributed by atoms with E-state index < -0.39 is 0 Å². The van der Waals surface area contributed by atoms with Gasteiger partial charge in [-0.25, -0.2) is 0 Å². The fourth-order valence-corrected chi connectivity index (χ4v) is 3.06. The first-order valence-corrected chi connectivity index (χ1v) is 7.44. The molecule has 2 aromatic rings. The molecular weight excluding hydrogens is 270 g/mol. The van der Waals surface area contributed by atoms with E-state index in [1.807, 2.05) is 24.3 Å². The number of para-hydroxylation sites is 2. The van der Waals surface area contributed by atoms with Crippen LogP contribution < -0.4 is 4.90 Å². The molecule has 2 heterocycles. The zero-order valence-corrected chi connectivity index (χ0v) is 12.1. The van der Waals surface area contributed by atoms with Crippen molar-refractivity contribution in [1.82, 2.24) is 4.98 Å². The maximum absolute atomic E-state index is 9.25. The van der Waals surface area contributed by atoms with E-state index in [1.165, 1.54) is 0 Å². The molecule has 1 fully saturated rings. The molecule has 0 saturated carbocycles. The van der Waals surface area contributed by atoms with E-state index in [4.69, 9.17) is 4.42 Å². The van der Waals surface area contributed by atoms with E-state index in [-0.39, 0.29) is 13.2 Å². The smallest absolute Gasteiger partial charge is 0.298 e. The van der Waals surface area contributed by atoms with Crippen LogP contribution in [0.1, 0.15) is 0 Å². The van der Waals surface area contributed by atoms with Gasteiger partial charge >= 0.3 is 0 Å². The Kier molecular flexibility index (Phi) is 4.10. The fraction of sp³-hybridized carbons (Fsp3) is 0.533. The summed E-state index contributed by atoms with van der Waals surface area (Å²) in [5, 5.41) is 18.5. The average molecular weight is 292 g/mol. The molecule has 3 rings (SSSR count). The number of quaternary nitrogens is 1. The van der Waals surface area contributed by atoms with Gasteiger partial charge < -0.3 is 24.0 Å². The third-order valence-electron chi connectivity index (χ3n) is 4.39. The number of anilines is 1. The highest BCUT2D eigenvalue weighted by atomic mass is 16.4. The molecule has 0 radical (unpaired) electrons. The largest absolute Gasteiger partial charge is 0.423 e. The monoisotopic (exact) mass is 292 g/mol. The second-order valence-corrected chi connectivity index (χ2v) is 5.63. The molecule has 1 aliphatic heterocycles. The molecule has 1 saturated heterocycles. The van der Waals surface area contributed by atoms with Gasteiger partial charge in [0.05, 0.1) is 39.4 Å². The van der Waals surface area contributed by atoms with Gasteiger partial charge in [0.1, 0.15) is 18.6 Å². The Bertz CT molecular complexity index is 550. The molecule has 6 nitrogen and oxygen atoms in total. The molecule has 0 aliphatic carbocycles. The van der Waals surface area contributed by atoms with Gasteiger partial charge in [0.15, 0.2) is 5.58 Å². The van der Waals surface area contributed by atoms with Crippen molar-refractivity contribution in [1.29, 1.82) is 0 Å². The number of benzene rings is 1. The number of aliphatic hydroxyl groups excluding tert-OH is 2. The zero-order valence-electron chi connectivity index (χ0n) is 12.1. The summed E-state index contributed by atoms with van der Waals surface area (Å²) in [6.07, 6.45) is 0. The molecule has 0 bridgehead atoms. The normalized spacial score (nSPS) is 18.3. The van der Waals surface area contributed by atoms with Crippen LogP contribution in [0.2, 0.25) is 0 Å².